The van der Waals surface area contributed by atoms with Gasteiger partial charge in [0.25, 0.3) is 0 Å². The van der Waals surface area contributed by atoms with Crippen molar-refractivity contribution < 1.29 is 14.3 Å². The second-order valence-corrected chi connectivity index (χ2v) is 4.40. The summed E-state index contributed by atoms with van der Waals surface area (Å²) in [6.07, 6.45) is 3.49. The number of benzene rings is 1. The minimum atomic E-state index is -0.390. The highest BCUT2D eigenvalue weighted by Gasteiger charge is 2.12. The van der Waals surface area contributed by atoms with E-state index >= 15 is 0 Å². The van der Waals surface area contributed by atoms with Crippen LogP contribution in [0.25, 0.3) is 0 Å². The third-order valence-corrected chi connectivity index (χ3v) is 3.05. The van der Waals surface area contributed by atoms with Crippen molar-refractivity contribution in [3.05, 3.63) is 41.5 Å². The number of carbonyl (C=O) groups excluding carboxylic acids is 1. The van der Waals surface area contributed by atoms with Crippen LogP contribution in [0.1, 0.15) is 24.5 Å². The summed E-state index contributed by atoms with van der Waals surface area (Å²) in [5.74, 6) is 0.403. The quantitative estimate of drug-likeness (QED) is 0.592. The lowest BCUT2D eigenvalue weighted by Crippen LogP contribution is -2.13. The first-order chi connectivity index (χ1) is 8.70. The van der Waals surface area contributed by atoms with Gasteiger partial charge in [0.05, 0.1) is 12.2 Å². The molecule has 0 unspecified atom stereocenters. The smallest absolute Gasteiger partial charge is 0.336 e. The van der Waals surface area contributed by atoms with Gasteiger partial charge in [-0.15, -0.1) is 0 Å². The highest BCUT2D eigenvalue weighted by molar-refractivity contribution is 5.88. The highest BCUT2D eigenvalue weighted by atomic mass is 16.5. The van der Waals surface area contributed by atoms with Crippen LogP contribution in [-0.4, -0.2) is 19.2 Å². The average molecular weight is 246 g/mol. The van der Waals surface area contributed by atoms with Gasteiger partial charge < -0.3 is 9.47 Å². The van der Waals surface area contributed by atoms with Gasteiger partial charge in [-0.1, -0.05) is 12.6 Å². The Balaban J connectivity index is 1.90. The Morgan fingerprint density at radius 1 is 1.33 bits per heavy atom. The summed E-state index contributed by atoms with van der Waals surface area (Å²) < 4.78 is 10.4. The molecule has 0 N–H and O–H groups in total. The number of rotatable bonds is 5. The van der Waals surface area contributed by atoms with Gasteiger partial charge in [-0.25, -0.2) is 4.79 Å². The summed E-state index contributed by atoms with van der Waals surface area (Å²) in [6.45, 7) is 5.97. The van der Waals surface area contributed by atoms with Crippen LogP contribution in [0, 0.1) is 0 Å². The fourth-order valence-corrected chi connectivity index (χ4v) is 2.10. The molecule has 0 heterocycles. The molecule has 2 rings (SSSR count). The molecule has 0 saturated carbocycles. The second kappa shape index (κ2) is 5.71. The third kappa shape index (κ3) is 2.92. The van der Waals surface area contributed by atoms with Crippen molar-refractivity contribution in [1.29, 1.82) is 0 Å². The molecule has 1 aromatic carbocycles. The van der Waals surface area contributed by atoms with E-state index in [0.29, 0.717) is 12.2 Å². The Kier molecular flexibility index (Phi) is 4.03. The van der Waals surface area contributed by atoms with Gasteiger partial charge >= 0.3 is 5.97 Å². The van der Waals surface area contributed by atoms with Crippen molar-refractivity contribution in [2.75, 3.05) is 13.2 Å². The molecule has 0 aromatic heterocycles. The van der Waals surface area contributed by atoms with E-state index in [2.05, 4.69) is 18.7 Å². The Hall–Kier alpha value is -1.77. The first kappa shape index (κ1) is 12.7. The van der Waals surface area contributed by atoms with Gasteiger partial charge in [0.2, 0.25) is 0 Å². The fourth-order valence-electron chi connectivity index (χ4n) is 2.10. The van der Waals surface area contributed by atoms with Crippen LogP contribution in [0.5, 0.6) is 5.75 Å². The lowest BCUT2D eigenvalue weighted by atomic mass is 10.1. The maximum Gasteiger partial charge on any atom is 0.336 e. The molecule has 1 aliphatic carbocycles. The summed E-state index contributed by atoms with van der Waals surface area (Å²) in [5, 5.41) is 0. The van der Waals surface area contributed by atoms with Crippen LogP contribution >= 0.6 is 0 Å². The number of hydrogen-bond acceptors (Lipinski definition) is 3. The van der Waals surface area contributed by atoms with Gasteiger partial charge in [0, 0.05) is 0 Å². The molecule has 3 heteroatoms. The Morgan fingerprint density at radius 3 is 2.89 bits per heavy atom. The molecule has 0 aliphatic heterocycles. The Labute approximate surface area is 107 Å². The van der Waals surface area contributed by atoms with Gasteiger partial charge in [-0.05, 0) is 49.4 Å². The molecule has 0 saturated heterocycles. The van der Waals surface area contributed by atoms with E-state index in [0.717, 1.165) is 18.6 Å². The van der Waals surface area contributed by atoms with E-state index in [1.165, 1.54) is 17.5 Å². The molecule has 0 radical (unpaired) electrons. The summed E-state index contributed by atoms with van der Waals surface area (Å²) in [4.78, 5) is 11.3. The molecular weight excluding hydrogens is 228 g/mol. The molecule has 1 aliphatic rings. The second-order valence-electron chi connectivity index (χ2n) is 4.40. The van der Waals surface area contributed by atoms with Gasteiger partial charge in [0.15, 0.2) is 0 Å². The fraction of sp³-hybridized carbons (Fsp3) is 0.400. The normalized spacial score (nSPS) is 12.9. The molecule has 18 heavy (non-hydrogen) atoms. The standard InChI is InChI=1S/C15H18O3/c1-3-17-15(16)11(2)10-18-14-8-7-12-5-4-6-13(12)9-14/h7-9H,2-6,10H2,1H3. The maximum atomic E-state index is 11.3. The first-order valence-corrected chi connectivity index (χ1v) is 6.30. The molecule has 1 aromatic rings. The molecule has 0 bridgehead atoms. The van der Waals surface area contributed by atoms with E-state index in [4.69, 9.17) is 9.47 Å². The number of aryl methyl sites for hydroxylation is 2. The highest BCUT2D eigenvalue weighted by Crippen LogP contribution is 2.26. The molecule has 0 fully saturated rings. The van der Waals surface area contributed by atoms with Crippen LogP contribution in [0.4, 0.5) is 0 Å². The van der Waals surface area contributed by atoms with Gasteiger partial charge in [-0.3, -0.25) is 0 Å². The van der Waals surface area contributed by atoms with Crippen molar-refractivity contribution in [3.8, 4) is 5.75 Å². The van der Waals surface area contributed by atoms with Crippen LogP contribution in [-0.2, 0) is 22.4 Å². The Bertz CT molecular complexity index is 463. The minimum absolute atomic E-state index is 0.178. The van der Waals surface area contributed by atoms with Crippen molar-refractivity contribution in [2.45, 2.75) is 26.2 Å². The van der Waals surface area contributed by atoms with Gasteiger partial charge in [-0.2, -0.15) is 0 Å². The summed E-state index contributed by atoms with van der Waals surface area (Å²) in [7, 11) is 0. The molecule has 3 nitrogen and oxygen atoms in total. The zero-order chi connectivity index (χ0) is 13.0. The van der Waals surface area contributed by atoms with Crippen molar-refractivity contribution in [3.63, 3.8) is 0 Å². The van der Waals surface area contributed by atoms with E-state index in [1.807, 2.05) is 6.07 Å². The molecular formula is C15H18O3. The average Bonchev–Trinajstić information content (AvgIpc) is 2.83. The SMILES string of the molecule is C=C(COc1ccc2c(c1)CCC2)C(=O)OCC. The maximum absolute atomic E-state index is 11.3. The summed E-state index contributed by atoms with van der Waals surface area (Å²) in [6, 6.07) is 6.11. The molecule has 0 amide bonds. The summed E-state index contributed by atoms with van der Waals surface area (Å²) in [5.41, 5.74) is 3.11. The van der Waals surface area contributed by atoms with Crippen molar-refractivity contribution in [1.82, 2.24) is 0 Å². The van der Waals surface area contributed by atoms with E-state index in [-0.39, 0.29) is 6.61 Å². The third-order valence-electron chi connectivity index (χ3n) is 3.05. The van der Waals surface area contributed by atoms with Crippen LogP contribution in [0.15, 0.2) is 30.4 Å². The Morgan fingerprint density at radius 2 is 2.11 bits per heavy atom. The summed E-state index contributed by atoms with van der Waals surface area (Å²) >= 11 is 0. The number of fused-ring (bicyclic) bond motifs is 1. The number of carbonyl (C=O) groups is 1. The van der Waals surface area contributed by atoms with E-state index in [9.17, 15) is 4.79 Å². The zero-order valence-electron chi connectivity index (χ0n) is 10.7. The van der Waals surface area contributed by atoms with Crippen LogP contribution in [0.3, 0.4) is 0 Å². The van der Waals surface area contributed by atoms with E-state index < -0.39 is 5.97 Å². The van der Waals surface area contributed by atoms with Crippen LogP contribution in [0.2, 0.25) is 0 Å². The minimum Gasteiger partial charge on any atom is -0.489 e. The first-order valence-electron chi connectivity index (χ1n) is 6.30. The van der Waals surface area contributed by atoms with Crippen molar-refractivity contribution in [2.24, 2.45) is 0 Å². The molecule has 0 spiro atoms. The number of hydrogen-bond donors (Lipinski definition) is 0. The number of ether oxygens (including phenoxy) is 2. The van der Waals surface area contributed by atoms with E-state index in [1.54, 1.807) is 6.92 Å². The molecule has 0 atom stereocenters. The van der Waals surface area contributed by atoms with Crippen molar-refractivity contribution >= 4 is 5.97 Å². The largest absolute Gasteiger partial charge is 0.489 e. The topological polar surface area (TPSA) is 35.5 Å². The molecule has 96 valence electrons. The zero-order valence-corrected chi connectivity index (χ0v) is 10.7. The number of esters is 1. The van der Waals surface area contributed by atoms with Crippen LogP contribution < -0.4 is 4.74 Å². The monoisotopic (exact) mass is 246 g/mol. The van der Waals surface area contributed by atoms with Gasteiger partial charge in [0.1, 0.15) is 12.4 Å². The lowest BCUT2D eigenvalue weighted by Gasteiger charge is -2.09. The predicted octanol–water partition coefficient (Wildman–Crippen LogP) is 2.67. The predicted molar refractivity (Wildman–Crippen MR) is 69.7 cm³/mol. The lowest BCUT2D eigenvalue weighted by molar-refractivity contribution is -0.138.